The van der Waals surface area contributed by atoms with E-state index in [9.17, 15) is 0 Å². The van der Waals surface area contributed by atoms with Crippen LogP contribution in [0.3, 0.4) is 0 Å². The summed E-state index contributed by atoms with van der Waals surface area (Å²) in [5.41, 5.74) is 2.92. The quantitative estimate of drug-likeness (QED) is 0.758. The van der Waals surface area contributed by atoms with E-state index in [0.717, 1.165) is 12.8 Å². The van der Waals surface area contributed by atoms with Gasteiger partial charge in [-0.15, -0.1) is 6.42 Å². The van der Waals surface area contributed by atoms with Crippen LogP contribution < -0.4 is 5.32 Å². The number of hydrogen-bond acceptors (Lipinski definition) is 1. The number of aryl methyl sites for hydroxylation is 1. The maximum Gasteiger partial charge on any atom is 0.0691 e. The van der Waals surface area contributed by atoms with Crippen LogP contribution in [-0.2, 0) is 6.42 Å². The molecule has 0 amide bonds. The molecular weight excluding hydrogens is 194 g/mol. The highest BCUT2D eigenvalue weighted by atomic mass is 14.9. The zero-order chi connectivity index (χ0) is 11.4. The second-order valence-electron chi connectivity index (χ2n) is 4.46. The lowest BCUT2D eigenvalue weighted by atomic mass is 10.1. The van der Waals surface area contributed by atoms with Crippen molar-refractivity contribution in [3.05, 3.63) is 35.4 Å². The average molecular weight is 213 g/mol. The Morgan fingerprint density at radius 1 is 1.50 bits per heavy atom. The number of benzene rings is 1. The molecule has 0 aromatic heterocycles. The molecule has 2 atom stereocenters. The molecule has 0 heterocycles. The third-order valence-corrected chi connectivity index (χ3v) is 3.31. The third-order valence-electron chi connectivity index (χ3n) is 3.31. The van der Waals surface area contributed by atoms with Crippen molar-refractivity contribution < 1.29 is 0 Å². The lowest BCUT2D eigenvalue weighted by Gasteiger charge is -2.19. The van der Waals surface area contributed by atoms with E-state index in [2.05, 4.69) is 42.4 Å². The van der Waals surface area contributed by atoms with Gasteiger partial charge in [0.25, 0.3) is 0 Å². The number of terminal acetylenes is 1. The van der Waals surface area contributed by atoms with Crippen LogP contribution in [0.25, 0.3) is 0 Å². The van der Waals surface area contributed by atoms with Gasteiger partial charge >= 0.3 is 0 Å². The largest absolute Gasteiger partial charge is 0.297 e. The van der Waals surface area contributed by atoms with Gasteiger partial charge in [-0.05, 0) is 30.4 Å². The topological polar surface area (TPSA) is 12.0 Å². The highest BCUT2D eigenvalue weighted by Gasteiger charge is 2.23. The Morgan fingerprint density at radius 2 is 2.31 bits per heavy atom. The van der Waals surface area contributed by atoms with Crippen molar-refractivity contribution in [2.24, 2.45) is 0 Å². The molecule has 1 aliphatic rings. The molecule has 0 aliphatic heterocycles. The summed E-state index contributed by atoms with van der Waals surface area (Å²) in [5.74, 6) is 2.85. The smallest absolute Gasteiger partial charge is 0.0691 e. The second-order valence-corrected chi connectivity index (χ2v) is 4.46. The summed E-state index contributed by atoms with van der Waals surface area (Å²) in [6, 6.07) is 9.36. The molecule has 0 bridgehead atoms. The Labute approximate surface area is 98.3 Å². The monoisotopic (exact) mass is 213 g/mol. The molecule has 1 N–H and O–H groups in total. The first-order valence-corrected chi connectivity index (χ1v) is 6.15. The molecule has 2 rings (SSSR count). The first-order valence-electron chi connectivity index (χ1n) is 6.15. The summed E-state index contributed by atoms with van der Waals surface area (Å²) in [6.07, 6.45) is 10.1. The molecule has 0 fully saturated rings. The number of fused-ring (bicyclic) bond motifs is 1. The van der Waals surface area contributed by atoms with Gasteiger partial charge in [0, 0.05) is 6.04 Å². The zero-order valence-electron chi connectivity index (χ0n) is 9.87. The van der Waals surface area contributed by atoms with Crippen LogP contribution in [0.2, 0.25) is 0 Å². The zero-order valence-corrected chi connectivity index (χ0v) is 9.87. The molecule has 84 valence electrons. The minimum absolute atomic E-state index is 0.223. The van der Waals surface area contributed by atoms with E-state index >= 15 is 0 Å². The van der Waals surface area contributed by atoms with Gasteiger partial charge in [0.2, 0.25) is 0 Å². The predicted molar refractivity (Wildman–Crippen MR) is 68.2 cm³/mol. The van der Waals surface area contributed by atoms with Crippen molar-refractivity contribution >= 4 is 0 Å². The molecule has 0 spiro atoms. The van der Waals surface area contributed by atoms with E-state index in [1.165, 1.54) is 24.0 Å². The van der Waals surface area contributed by atoms with Crippen molar-refractivity contribution in [2.75, 3.05) is 0 Å². The van der Waals surface area contributed by atoms with Gasteiger partial charge in [0.05, 0.1) is 6.04 Å². The lowest BCUT2D eigenvalue weighted by molar-refractivity contribution is 0.468. The van der Waals surface area contributed by atoms with Crippen molar-refractivity contribution in [1.82, 2.24) is 5.32 Å². The number of rotatable bonds is 4. The minimum atomic E-state index is 0.223. The molecule has 1 aromatic carbocycles. The molecule has 1 heteroatoms. The first-order chi connectivity index (χ1) is 7.85. The normalized spacial score (nSPS) is 20.1. The van der Waals surface area contributed by atoms with Crippen molar-refractivity contribution in [3.63, 3.8) is 0 Å². The van der Waals surface area contributed by atoms with Crippen LogP contribution in [0.15, 0.2) is 24.3 Å². The fourth-order valence-electron chi connectivity index (χ4n) is 2.48. The molecular formula is C15H19N. The van der Waals surface area contributed by atoms with E-state index in [1.54, 1.807) is 0 Å². The molecule has 1 aliphatic carbocycles. The number of nitrogens with one attached hydrogen (secondary N) is 1. The summed E-state index contributed by atoms with van der Waals surface area (Å²) in [5, 5.41) is 3.59. The first kappa shape index (κ1) is 11.2. The third kappa shape index (κ3) is 2.28. The summed E-state index contributed by atoms with van der Waals surface area (Å²) < 4.78 is 0. The van der Waals surface area contributed by atoms with Gasteiger partial charge in [0.1, 0.15) is 0 Å². The van der Waals surface area contributed by atoms with E-state index in [1.807, 2.05) is 0 Å². The maximum atomic E-state index is 5.54. The summed E-state index contributed by atoms with van der Waals surface area (Å²) >= 11 is 0. The Hall–Kier alpha value is -1.26. The van der Waals surface area contributed by atoms with E-state index in [0.29, 0.717) is 6.04 Å². The highest BCUT2D eigenvalue weighted by Crippen LogP contribution is 2.31. The summed E-state index contributed by atoms with van der Waals surface area (Å²) in [7, 11) is 0. The Balaban J connectivity index is 2.05. The fraction of sp³-hybridized carbons (Fsp3) is 0.467. The van der Waals surface area contributed by atoms with Gasteiger partial charge in [-0.1, -0.05) is 43.5 Å². The molecule has 0 radical (unpaired) electrons. The minimum Gasteiger partial charge on any atom is -0.297 e. The van der Waals surface area contributed by atoms with Crippen LogP contribution >= 0.6 is 0 Å². The average Bonchev–Trinajstić information content (AvgIpc) is 2.72. The van der Waals surface area contributed by atoms with Gasteiger partial charge in [-0.25, -0.2) is 0 Å². The second kappa shape index (κ2) is 5.18. The SMILES string of the molecule is C#CC(CCC)NC1CCc2ccccc21. The van der Waals surface area contributed by atoms with Crippen molar-refractivity contribution in [2.45, 2.75) is 44.7 Å². The molecule has 0 saturated carbocycles. The summed E-state index contributed by atoms with van der Waals surface area (Å²) in [6.45, 7) is 2.18. The highest BCUT2D eigenvalue weighted by molar-refractivity contribution is 5.34. The van der Waals surface area contributed by atoms with Crippen molar-refractivity contribution in [3.8, 4) is 12.3 Å². The van der Waals surface area contributed by atoms with E-state index in [-0.39, 0.29) is 6.04 Å². The fourth-order valence-corrected chi connectivity index (χ4v) is 2.48. The number of hydrogen-bond donors (Lipinski definition) is 1. The Bertz CT molecular complexity index is 389. The standard InChI is InChI=1S/C15H19N/c1-3-7-13(4-2)16-15-11-10-12-8-5-6-9-14(12)15/h2,5-6,8-9,13,15-16H,3,7,10-11H2,1H3. The van der Waals surface area contributed by atoms with Crippen LogP contribution in [0.4, 0.5) is 0 Å². The Kier molecular flexibility index (Phi) is 3.64. The van der Waals surface area contributed by atoms with E-state index in [4.69, 9.17) is 6.42 Å². The van der Waals surface area contributed by atoms with Gasteiger partial charge in [0.15, 0.2) is 0 Å². The van der Waals surface area contributed by atoms with Gasteiger partial charge in [-0.3, -0.25) is 5.32 Å². The molecule has 0 saturated heterocycles. The molecule has 16 heavy (non-hydrogen) atoms. The van der Waals surface area contributed by atoms with Crippen LogP contribution in [-0.4, -0.2) is 6.04 Å². The molecule has 2 unspecified atom stereocenters. The maximum absolute atomic E-state index is 5.54. The summed E-state index contributed by atoms with van der Waals surface area (Å²) in [4.78, 5) is 0. The van der Waals surface area contributed by atoms with Gasteiger partial charge < -0.3 is 0 Å². The van der Waals surface area contributed by atoms with Crippen LogP contribution in [0, 0.1) is 12.3 Å². The molecule has 1 aromatic rings. The van der Waals surface area contributed by atoms with Crippen LogP contribution in [0.5, 0.6) is 0 Å². The molecule has 1 nitrogen and oxygen atoms in total. The lowest BCUT2D eigenvalue weighted by Crippen LogP contribution is -2.30. The Morgan fingerprint density at radius 3 is 3.06 bits per heavy atom. The van der Waals surface area contributed by atoms with E-state index < -0.39 is 0 Å². The van der Waals surface area contributed by atoms with Gasteiger partial charge in [-0.2, -0.15) is 0 Å². The van der Waals surface area contributed by atoms with Crippen LogP contribution in [0.1, 0.15) is 43.4 Å². The predicted octanol–water partition coefficient (Wildman–Crippen LogP) is 3.07. The van der Waals surface area contributed by atoms with Crippen molar-refractivity contribution in [1.29, 1.82) is 0 Å².